The zero-order valence-corrected chi connectivity index (χ0v) is 31.7. The number of pyridine rings is 1. The van der Waals surface area contributed by atoms with Gasteiger partial charge < -0.3 is 9.67 Å². The van der Waals surface area contributed by atoms with Crippen molar-refractivity contribution in [1.29, 1.82) is 0 Å². The van der Waals surface area contributed by atoms with Crippen LogP contribution in [0.5, 0.6) is 0 Å². The summed E-state index contributed by atoms with van der Waals surface area (Å²) in [7, 11) is -1.80. The third kappa shape index (κ3) is 8.65. The van der Waals surface area contributed by atoms with Crippen LogP contribution in [0.2, 0.25) is 5.02 Å². The van der Waals surface area contributed by atoms with Crippen molar-refractivity contribution in [2.45, 2.75) is 64.4 Å². The second kappa shape index (κ2) is 14.5. The van der Waals surface area contributed by atoms with Crippen LogP contribution in [0.1, 0.15) is 60.0 Å². The molecule has 0 spiro atoms. The van der Waals surface area contributed by atoms with Crippen molar-refractivity contribution in [3.63, 3.8) is 0 Å². The van der Waals surface area contributed by atoms with Crippen LogP contribution in [0.15, 0.2) is 60.9 Å². The van der Waals surface area contributed by atoms with Crippen LogP contribution in [0.25, 0.3) is 33.1 Å². The van der Waals surface area contributed by atoms with E-state index in [0.717, 1.165) is 34.5 Å². The first-order valence-electron chi connectivity index (χ1n) is 16.8. The summed E-state index contributed by atoms with van der Waals surface area (Å²) < 4.78 is 57.2. The van der Waals surface area contributed by atoms with Gasteiger partial charge in [0.05, 0.1) is 51.6 Å². The minimum Gasteiger partial charge on any atom is -0.378 e. The number of Topliss-reactive ketones (excluding diaryl/α,β-unsaturated/α-hetero) is 1. The predicted octanol–water partition coefficient (Wildman–Crippen LogP) is 7.19. The molecule has 9 nitrogen and oxygen atoms in total. The third-order valence-corrected chi connectivity index (χ3v) is 10.1. The second-order valence-corrected chi connectivity index (χ2v) is 16.7. The lowest BCUT2D eigenvalue weighted by molar-refractivity contribution is -0.120. The lowest BCUT2D eigenvalue weighted by atomic mass is 9.86. The number of rotatable bonds is 10. The number of benzene rings is 3. The topological polar surface area (TPSA) is 120 Å². The number of carbonyl (C=O) groups excluding carboxylic acids is 1. The minimum absolute atomic E-state index is 0.0116. The van der Waals surface area contributed by atoms with Gasteiger partial charge in [-0.3, -0.25) is 9.48 Å². The molecule has 0 unspecified atom stereocenters. The SMILES string of the molecule is Cc1cc2ncn(CC(=O)C[C@@H](Cc3cc(F)cc(F)c3)c3nc(C#CC(C)(C)O)ccc3-c3ccc(Cl)c4c(CS(C)(=O)=O)nn(C)c34)c2cc1C. The smallest absolute Gasteiger partial charge is 0.153 e. The quantitative estimate of drug-likeness (QED) is 0.147. The maximum atomic E-state index is 14.6. The van der Waals surface area contributed by atoms with Gasteiger partial charge in [-0.15, -0.1) is 0 Å². The van der Waals surface area contributed by atoms with Crippen LogP contribution in [0.4, 0.5) is 8.78 Å². The number of sulfone groups is 1. The van der Waals surface area contributed by atoms with Gasteiger partial charge >= 0.3 is 0 Å². The van der Waals surface area contributed by atoms with Crippen molar-refractivity contribution in [2.24, 2.45) is 7.05 Å². The number of aryl methyl sites for hydroxylation is 3. The molecule has 3 heterocycles. The fraction of sp³-hybridized carbons (Fsp3) is 0.300. The fourth-order valence-corrected chi connectivity index (χ4v) is 7.53. The maximum Gasteiger partial charge on any atom is 0.153 e. The summed E-state index contributed by atoms with van der Waals surface area (Å²) in [4.78, 5) is 23.5. The van der Waals surface area contributed by atoms with Gasteiger partial charge in [0, 0.05) is 48.2 Å². The second-order valence-electron chi connectivity index (χ2n) is 14.1. The van der Waals surface area contributed by atoms with E-state index in [4.69, 9.17) is 16.6 Å². The number of imidazole rings is 1. The summed E-state index contributed by atoms with van der Waals surface area (Å²) in [6.45, 7) is 7.05. The molecule has 0 radical (unpaired) electrons. The summed E-state index contributed by atoms with van der Waals surface area (Å²) in [6, 6.07) is 14.1. The van der Waals surface area contributed by atoms with Gasteiger partial charge in [-0.05, 0) is 99.2 Å². The summed E-state index contributed by atoms with van der Waals surface area (Å²) in [5.74, 6) is 2.93. The number of carbonyl (C=O) groups is 1. The molecule has 6 rings (SSSR count). The third-order valence-electron chi connectivity index (χ3n) is 8.97. The molecule has 0 aliphatic heterocycles. The Morgan fingerprint density at radius 3 is 2.38 bits per heavy atom. The molecule has 3 aromatic carbocycles. The molecule has 274 valence electrons. The summed E-state index contributed by atoms with van der Waals surface area (Å²) in [6.07, 6.45) is 2.70. The molecule has 0 saturated heterocycles. The van der Waals surface area contributed by atoms with E-state index in [1.807, 2.05) is 26.0 Å². The van der Waals surface area contributed by atoms with Crippen LogP contribution in [0.3, 0.4) is 0 Å². The van der Waals surface area contributed by atoms with Crippen LogP contribution < -0.4 is 0 Å². The standard InChI is InChI=1S/C40H38ClF2N5O4S/c1-23-13-34-36(14-24(23)2)48(22-44-34)20-30(49)18-26(15-25-16-27(42)19-28(43)17-25)38-31(8-7-29(45-38)11-12-40(3,4)50)32-9-10-33(41)37-35(21-53(6,51)52)46-47(5)39(32)37/h7-10,13-14,16-17,19,22,26,50H,15,18,20-21H2,1-6H3/t26-/m1/s1. The average molecular weight is 758 g/mol. The van der Waals surface area contributed by atoms with Crippen molar-refractivity contribution in [1.82, 2.24) is 24.3 Å². The highest BCUT2D eigenvalue weighted by Crippen LogP contribution is 2.40. The normalized spacial score (nSPS) is 12.6. The molecular formula is C40H38ClF2N5O4S. The minimum atomic E-state index is -3.48. The summed E-state index contributed by atoms with van der Waals surface area (Å²) in [5.41, 5.74) is 5.35. The number of nitrogens with zero attached hydrogens (tertiary/aromatic N) is 5. The molecular weight excluding hydrogens is 720 g/mol. The van der Waals surface area contributed by atoms with Gasteiger partial charge in [0.2, 0.25) is 0 Å². The Labute approximate surface area is 311 Å². The fourth-order valence-electron chi connectivity index (χ4n) is 6.57. The number of hydrogen-bond acceptors (Lipinski definition) is 7. The molecule has 13 heteroatoms. The molecule has 0 aliphatic rings. The maximum absolute atomic E-state index is 14.6. The molecule has 0 fully saturated rings. The molecule has 0 aliphatic carbocycles. The Morgan fingerprint density at radius 1 is 1.02 bits per heavy atom. The van der Waals surface area contributed by atoms with Crippen molar-refractivity contribution in [3.05, 3.63) is 111 Å². The first-order chi connectivity index (χ1) is 24.8. The number of aliphatic hydroxyl groups is 1. The first kappa shape index (κ1) is 37.8. The number of hydrogen-bond donors (Lipinski definition) is 1. The van der Waals surface area contributed by atoms with E-state index in [1.165, 1.54) is 12.1 Å². The van der Waals surface area contributed by atoms with E-state index >= 15 is 0 Å². The molecule has 1 N–H and O–H groups in total. The Morgan fingerprint density at radius 2 is 1.70 bits per heavy atom. The Balaban J connectivity index is 1.53. The Bertz CT molecular complexity index is 2580. The molecule has 0 saturated carbocycles. The highest BCUT2D eigenvalue weighted by Gasteiger charge is 2.27. The van der Waals surface area contributed by atoms with Crippen molar-refractivity contribution < 1.29 is 27.1 Å². The van der Waals surface area contributed by atoms with Gasteiger partial charge in [-0.2, -0.15) is 5.10 Å². The highest BCUT2D eigenvalue weighted by atomic mass is 35.5. The largest absolute Gasteiger partial charge is 0.378 e. The average Bonchev–Trinajstić information content (AvgIpc) is 3.57. The van der Waals surface area contributed by atoms with Crippen molar-refractivity contribution in [2.75, 3.05) is 6.26 Å². The van der Waals surface area contributed by atoms with E-state index in [1.54, 1.807) is 60.7 Å². The molecule has 6 aromatic rings. The van der Waals surface area contributed by atoms with Gasteiger partial charge in [-0.1, -0.05) is 23.6 Å². The summed E-state index contributed by atoms with van der Waals surface area (Å²) >= 11 is 6.68. The van der Waals surface area contributed by atoms with Crippen LogP contribution >= 0.6 is 11.6 Å². The summed E-state index contributed by atoms with van der Waals surface area (Å²) in [5, 5.41) is 15.6. The van der Waals surface area contributed by atoms with E-state index in [2.05, 4.69) is 21.9 Å². The number of fused-ring (bicyclic) bond motifs is 2. The predicted molar refractivity (Wildman–Crippen MR) is 202 cm³/mol. The van der Waals surface area contributed by atoms with Crippen molar-refractivity contribution in [3.8, 4) is 23.0 Å². The first-order valence-corrected chi connectivity index (χ1v) is 19.3. The zero-order valence-electron chi connectivity index (χ0n) is 30.1. The van der Waals surface area contributed by atoms with Crippen molar-refractivity contribution >= 4 is 49.2 Å². The number of halogens is 3. The molecule has 0 bridgehead atoms. The zero-order chi connectivity index (χ0) is 38.4. The number of aromatic nitrogens is 5. The highest BCUT2D eigenvalue weighted by molar-refractivity contribution is 7.89. The number of ketones is 1. The lowest BCUT2D eigenvalue weighted by Gasteiger charge is -2.21. The van der Waals surface area contributed by atoms with Gasteiger partial charge in [0.25, 0.3) is 0 Å². The van der Waals surface area contributed by atoms with Gasteiger partial charge in [0.15, 0.2) is 15.6 Å². The van der Waals surface area contributed by atoms with E-state index in [9.17, 15) is 27.1 Å². The van der Waals surface area contributed by atoms with E-state index < -0.39 is 33.0 Å². The van der Waals surface area contributed by atoms with E-state index in [-0.39, 0.29) is 36.6 Å². The van der Waals surface area contributed by atoms with Crippen LogP contribution in [0, 0.1) is 37.3 Å². The Kier molecular flexibility index (Phi) is 10.3. The van der Waals surface area contributed by atoms with Gasteiger partial charge in [0.1, 0.15) is 22.9 Å². The van der Waals surface area contributed by atoms with Crippen LogP contribution in [-0.4, -0.2) is 55.5 Å². The van der Waals surface area contributed by atoms with Crippen LogP contribution in [-0.2, 0) is 40.4 Å². The Hall–Kier alpha value is -4.96. The van der Waals surface area contributed by atoms with Gasteiger partial charge in [-0.25, -0.2) is 27.2 Å². The van der Waals surface area contributed by atoms with E-state index in [0.29, 0.717) is 44.0 Å². The molecule has 0 amide bonds. The monoisotopic (exact) mass is 757 g/mol. The molecule has 3 aromatic heterocycles. The molecule has 53 heavy (non-hydrogen) atoms. The molecule has 1 atom stereocenters. The lowest BCUT2D eigenvalue weighted by Crippen LogP contribution is -2.17.